The first-order chi connectivity index (χ1) is 13.1. The Bertz CT molecular complexity index is 965. The Morgan fingerprint density at radius 1 is 1.33 bits per heavy atom. The van der Waals surface area contributed by atoms with Gasteiger partial charge in [0.2, 0.25) is 5.95 Å². The minimum absolute atomic E-state index is 0.0330. The van der Waals surface area contributed by atoms with Crippen molar-refractivity contribution in [3.63, 3.8) is 0 Å². The molecule has 0 bridgehead atoms. The van der Waals surface area contributed by atoms with Crippen LogP contribution in [-0.4, -0.2) is 45.0 Å². The van der Waals surface area contributed by atoms with Gasteiger partial charge in [0.15, 0.2) is 17.1 Å². The van der Waals surface area contributed by atoms with Crippen LogP contribution in [0.15, 0.2) is 36.7 Å². The van der Waals surface area contributed by atoms with Crippen molar-refractivity contribution in [3.05, 3.63) is 47.4 Å². The van der Waals surface area contributed by atoms with E-state index in [0.717, 1.165) is 0 Å². The van der Waals surface area contributed by atoms with Crippen LogP contribution >= 0.6 is 11.6 Å². The highest BCUT2D eigenvalue weighted by atomic mass is 35.5. The molecule has 0 unspecified atom stereocenters. The molecule has 2 aromatic heterocycles. The van der Waals surface area contributed by atoms with Crippen LogP contribution in [0, 0.1) is 0 Å². The maximum Gasteiger partial charge on any atom is 0.338 e. The van der Waals surface area contributed by atoms with Crippen molar-refractivity contribution in [1.82, 2.24) is 19.5 Å². The molecule has 1 aromatic carbocycles. The van der Waals surface area contributed by atoms with Crippen molar-refractivity contribution in [2.75, 3.05) is 18.9 Å². The van der Waals surface area contributed by atoms with Gasteiger partial charge in [-0.25, -0.2) is 9.78 Å². The zero-order valence-electron chi connectivity index (χ0n) is 14.1. The molecule has 140 valence electrons. The van der Waals surface area contributed by atoms with Gasteiger partial charge in [-0.2, -0.15) is 9.97 Å². The van der Waals surface area contributed by atoms with Gasteiger partial charge >= 0.3 is 5.97 Å². The van der Waals surface area contributed by atoms with E-state index < -0.39 is 18.5 Å². The number of carbonyl (C=O) groups excluding carboxylic acids is 1. The van der Waals surface area contributed by atoms with Crippen molar-refractivity contribution in [2.45, 2.75) is 18.9 Å². The van der Waals surface area contributed by atoms with Crippen LogP contribution < -0.4 is 5.73 Å². The third-order valence-electron chi connectivity index (χ3n) is 4.04. The van der Waals surface area contributed by atoms with Gasteiger partial charge in [-0.15, -0.1) is 0 Å². The summed E-state index contributed by atoms with van der Waals surface area (Å²) in [7, 11) is 0. The fourth-order valence-electron chi connectivity index (χ4n) is 2.78. The molecule has 1 saturated heterocycles. The first-order valence-electron chi connectivity index (χ1n) is 8.26. The molecule has 0 aliphatic carbocycles. The van der Waals surface area contributed by atoms with Gasteiger partial charge in [-0.3, -0.25) is 4.57 Å². The molecular weight excluding hydrogens is 374 g/mol. The van der Waals surface area contributed by atoms with E-state index in [2.05, 4.69) is 15.0 Å². The molecule has 4 rings (SSSR count). The minimum Gasteiger partial charge on any atom is -0.457 e. The maximum atomic E-state index is 12.1. The number of imidazole rings is 1. The second-order valence-electron chi connectivity index (χ2n) is 5.84. The molecule has 0 saturated carbocycles. The number of ether oxygens (including phenoxy) is 3. The Labute approximate surface area is 159 Å². The van der Waals surface area contributed by atoms with Crippen molar-refractivity contribution < 1.29 is 19.0 Å². The Balaban J connectivity index is 1.45. The Morgan fingerprint density at radius 2 is 2.15 bits per heavy atom. The molecule has 0 spiro atoms. The summed E-state index contributed by atoms with van der Waals surface area (Å²) < 4.78 is 18.4. The average Bonchev–Trinajstić information content (AvgIpc) is 3.11. The molecule has 0 amide bonds. The fraction of sp³-hybridized carbons (Fsp3) is 0.294. The predicted octanol–water partition coefficient (Wildman–Crippen LogP) is 2.18. The molecule has 1 fully saturated rings. The van der Waals surface area contributed by atoms with E-state index in [-0.39, 0.29) is 17.7 Å². The maximum absolute atomic E-state index is 12.1. The molecule has 1 aliphatic rings. The quantitative estimate of drug-likeness (QED) is 0.533. The lowest BCUT2D eigenvalue weighted by molar-refractivity contribution is -0.245. The van der Waals surface area contributed by atoms with Crippen molar-refractivity contribution in [2.24, 2.45) is 0 Å². The number of aromatic nitrogens is 4. The first kappa shape index (κ1) is 17.7. The van der Waals surface area contributed by atoms with E-state index in [4.69, 9.17) is 31.5 Å². The molecule has 2 N–H and O–H groups in total. The van der Waals surface area contributed by atoms with Gasteiger partial charge in [0, 0.05) is 6.42 Å². The van der Waals surface area contributed by atoms with Crippen molar-refractivity contribution in [1.29, 1.82) is 0 Å². The van der Waals surface area contributed by atoms with Crippen LogP contribution in [-0.2, 0) is 14.2 Å². The van der Waals surface area contributed by atoms with E-state index in [9.17, 15) is 4.79 Å². The van der Waals surface area contributed by atoms with Gasteiger partial charge in [-0.1, -0.05) is 29.8 Å². The SMILES string of the molecule is Nc1nc(Cl)c2ncn([C@H]3CCO[C@@H](COC(=O)c4ccccc4)O3)c2n1. The van der Waals surface area contributed by atoms with Gasteiger partial charge < -0.3 is 19.9 Å². The monoisotopic (exact) mass is 389 g/mol. The lowest BCUT2D eigenvalue weighted by atomic mass is 10.2. The van der Waals surface area contributed by atoms with Crippen molar-refractivity contribution in [3.8, 4) is 0 Å². The third kappa shape index (κ3) is 3.70. The summed E-state index contributed by atoms with van der Waals surface area (Å²) in [6.45, 7) is 0.390. The van der Waals surface area contributed by atoms with Crippen LogP contribution in [0.2, 0.25) is 5.15 Å². The summed E-state index contributed by atoms with van der Waals surface area (Å²) in [4.78, 5) is 24.3. The third-order valence-corrected chi connectivity index (χ3v) is 4.31. The van der Waals surface area contributed by atoms with E-state index in [1.54, 1.807) is 35.2 Å². The van der Waals surface area contributed by atoms with Crippen LogP contribution in [0.25, 0.3) is 11.2 Å². The highest BCUT2D eigenvalue weighted by molar-refractivity contribution is 6.33. The highest BCUT2D eigenvalue weighted by Gasteiger charge is 2.27. The molecule has 10 heteroatoms. The molecule has 27 heavy (non-hydrogen) atoms. The van der Waals surface area contributed by atoms with Crippen LogP contribution in [0.1, 0.15) is 23.0 Å². The molecule has 2 atom stereocenters. The Hall–Kier alpha value is -2.75. The summed E-state index contributed by atoms with van der Waals surface area (Å²) in [6.07, 6.45) is 1.02. The van der Waals surface area contributed by atoms with E-state index in [0.29, 0.717) is 29.8 Å². The summed E-state index contributed by atoms with van der Waals surface area (Å²) in [5.41, 5.74) is 7.05. The Morgan fingerprint density at radius 3 is 2.96 bits per heavy atom. The average molecular weight is 390 g/mol. The summed E-state index contributed by atoms with van der Waals surface area (Å²) in [6, 6.07) is 8.72. The van der Waals surface area contributed by atoms with Gasteiger partial charge in [0.05, 0.1) is 18.5 Å². The molecule has 0 radical (unpaired) electrons. The number of nitrogens with zero attached hydrogens (tertiary/aromatic N) is 4. The fourth-order valence-corrected chi connectivity index (χ4v) is 3.00. The normalized spacial score (nSPS) is 19.9. The molecular formula is C17H16ClN5O4. The number of nitrogen functional groups attached to an aromatic ring is 1. The zero-order valence-corrected chi connectivity index (χ0v) is 14.9. The number of carbonyl (C=O) groups is 1. The number of anilines is 1. The largest absolute Gasteiger partial charge is 0.457 e. The molecule has 3 aromatic rings. The topological polar surface area (TPSA) is 114 Å². The van der Waals surface area contributed by atoms with Gasteiger partial charge in [0.1, 0.15) is 18.4 Å². The highest BCUT2D eigenvalue weighted by Crippen LogP contribution is 2.28. The number of fused-ring (bicyclic) bond motifs is 1. The lowest BCUT2D eigenvalue weighted by Crippen LogP contribution is -2.34. The zero-order chi connectivity index (χ0) is 18.8. The second-order valence-corrected chi connectivity index (χ2v) is 6.20. The number of benzene rings is 1. The molecule has 9 nitrogen and oxygen atoms in total. The number of halogens is 1. The van der Waals surface area contributed by atoms with E-state index in [1.165, 1.54) is 0 Å². The number of rotatable bonds is 4. The minimum atomic E-state index is -0.705. The number of esters is 1. The first-order valence-corrected chi connectivity index (χ1v) is 8.64. The predicted molar refractivity (Wildman–Crippen MR) is 95.9 cm³/mol. The second kappa shape index (κ2) is 7.47. The Kier molecular flexibility index (Phi) is 4.88. The van der Waals surface area contributed by atoms with E-state index >= 15 is 0 Å². The standard InChI is InChI=1S/C17H16ClN5O4/c18-14-13-15(22-17(19)21-14)23(9-20-13)11-6-7-25-12(27-11)8-26-16(24)10-4-2-1-3-5-10/h1-5,9,11-12H,6-8H2,(H2,19,21,22)/t11-,12-/m1/s1. The smallest absolute Gasteiger partial charge is 0.338 e. The number of nitrogens with two attached hydrogens (primary N) is 1. The lowest BCUT2D eigenvalue weighted by Gasteiger charge is -2.30. The van der Waals surface area contributed by atoms with Crippen LogP contribution in [0.4, 0.5) is 5.95 Å². The van der Waals surface area contributed by atoms with E-state index in [1.807, 2.05) is 6.07 Å². The molecule has 3 heterocycles. The number of hydrogen-bond acceptors (Lipinski definition) is 8. The van der Waals surface area contributed by atoms with Gasteiger partial charge in [0.25, 0.3) is 0 Å². The summed E-state index contributed by atoms with van der Waals surface area (Å²) >= 11 is 6.06. The van der Waals surface area contributed by atoms with Crippen molar-refractivity contribution >= 4 is 34.7 Å². The molecule has 1 aliphatic heterocycles. The summed E-state index contributed by atoms with van der Waals surface area (Å²) in [5.74, 6) is -0.389. The number of hydrogen-bond donors (Lipinski definition) is 1. The van der Waals surface area contributed by atoms with Crippen LogP contribution in [0.5, 0.6) is 0 Å². The van der Waals surface area contributed by atoms with Crippen LogP contribution in [0.3, 0.4) is 0 Å². The van der Waals surface area contributed by atoms with Gasteiger partial charge in [-0.05, 0) is 12.1 Å². The summed E-state index contributed by atoms with van der Waals surface area (Å²) in [5, 5.41) is 0.177.